The van der Waals surface area contributed by atoms with E-state index in [4.69, 9.17) is 19.9 Å². The highest BCUT2D eigenvalue weighted by molar-refractivity contribution is 6.18. The number of benzene rings is 1. The molecule has 0 saturated carbocycles. The van der Waals surface area contributed by atoms with Gasteiger partial charge in [-0.15, -0.1) is 0 Å². The van der Waals surface area contributed by atoms with Gasteiger partial charge in [-0.05, 0) is 41.5 Å². The number of nitrogens with one attached hydrogen (secondary N) is 1. The maximum atomic E-state index is 12.9. The molecule has 1 aromatic rings. The molecule has 29 heavy (non-hydrogen) atoms. The smallest absolute Gasteiger partial charge is 0.424 e. The molecule has 1 rings (SSSR count). The maximum absolute atomic E-state index is 12.9. The first-order valence-electron chi connectivity index (χ1n) is 8.80. The van der Waals surface area contributed by atoms with Crippen molar-refractivity contribution in [1.29, 1.82) is 0 Å². The van der Waals surface area contributed by atoms with Gasteiger partial charge in [0, 0.05) is 13.1 Å². The number of amides is 2. The average molecular weight is 411 g/mol. The predicted molar refractivity (Wildman–Crippen MR) is 109 cm³/mol. The van der Waals surface area contributed by atoms with Crippen LogP contribution in [0, 0.1) is 0 Å². The number of methoxy groups -OCH3 is 1. The Kier molecular flexibility index (Phi) is 6.96. The number of nitrogen functional groups attached to an aromatic ring is 1. The third kappa shape index (κ3) is 5.90. The van der Waals surface area contributed by atoms with Crippen molar-refractivity contribution in [3.8, 4) is 5.75 Å². The van der Waals surface area contributed by atoms with Crippen molar-refractivity contribution in [2.45, 2.75) is 52.7 Å². The molecule has 0 heterocycles. The van der Waals surface area contributed by atoms with E-state index in [1.807, 2.05) is 0 Å². The van der Waals surface area contributed by atoms with Crippen molar-refractivity contribution in [3.63, 3.8) is 0 Å². The number of carboxylic acids is 1. The van der Waals surface area contributed by atoms with E-state index in [2.05, 4.69) is 5.32 Å². The van der Waals surface area contributed by atoms with Crippen LogP contribution in [0.15, 0.2) is 6.07 Å². The Morgan fingerprint density at radius 3 is 1.79 bits per heavy atom. The third-order valence-corrected chi connectivity index (χ3v) is 3.38. The number of carboxylic acid groups (broad SMARTS) is 1. The molecule has 4 N–H and O–H groups in total. The number of hydrogen-bond donors (Lipinski definition) is 3. The number of carbonyl (C=O) groups is 3. The predicted octanol–water partition coefficient (Wildman–Crippen LogP) is 3.69. The Hall–Kier alpha value is -3.17. The molecule has 0 aliphatic heterocycles. The summed E-state index contributed by atoms with van der Waals surface area (Å²) in [5.41, 5.74) is 3.36. The first-order valence-corrected chi connectivity index (χ1v) is 8.80. The van der Waals surface area contributed by atoms with E-state index in [0.717, 1.165) is 0 Å². The monoisotopic (exact) mass is 411 g/mol. The molecule has 0 fully saturated rings. The molecule has 0 radical (unpaired) electrons. The van der Waals surface area contributed by atoms with Crippen molar-refractivity contribution >= 4 is 35.2 Å². The molecular formula is C19H29N3O7. The Morgan fingerprint density at radius 2 is 1.48 bits per heavy atom. The molecule has 0 spiro atoms. The van der Waals surface area contributed by atoms with Gasteiger partial charge in [0.1, 0.15) is 28.2 Å². The van der Waals surface area contributed by atoms with E-state index in [-0.39, 0.29) is 17.1 Å². The van der Waals surface area contributed by atoms with Crippen LogP contribution >= 0.6 is 0 Å². The minimum absolute atomic E-state index is 0.108. The lowest BCUT2D eigenvalue weighted by Crippen LogP contribution is -2.44. The van der Waals surface area contributed by atoms with Gasteiger partial charge in [-0.25, -0.2) is 14.4 Å². The van der Waals surface area contributed by atoms with Gasteiger partial charge in [0.2, 0.25) is 0 Å². The summed E-state index contributed by atoms with van der Waals surface area (Å²) >= 11 is 0. The number of ether oxygens (including phenoxy) is 3. The van der Waals surface area contributed by atoms with E-state index < -0.39 is 40.6 Å². The minimum Gasteiger partial charge on any atom is -0.496 e. The number of rotatable bonds is 4. The number of nitrogens with two attached hydrogens (primary N) is 1. The van der Waals surface area contributed by atoms with Crippen LogP contribution in [0.1, 0.15) is 51.9 Å². The summed E-state index contributed by atoms with van der Waals surface area (Å²) in [5.74, 6) is -1.56. The number of anilines is 3. The SMILES string of the molecule is CNc1cc(OC)c(C(=O)O)c(N(C(=O)OC(C)(C)C)C(=O)OC(C)(C)C)c1N. The summed E-state index contributed by atoms with van der Waals surface area (Å²) in [4.78, 5) is 38.3. The van der Waals surface area contributed by atoms with Crippen LogP contribution in [0.4, 0.5) is 26.7 Å². The van der Waals surface area contributed by atoms with E-state index in [1.54, 1.807) is 48.6 Å². The number of nitrogens with zero attached hydrogens (tertiary/aromatic N) is 1. The van der Waals surface area contributed by atoms with E-state index >= 15 is 0 Å². The molecule has 0 aliphatic rings. The number of aromatic carboxylic acids is 1. The highest BCUT2D eigenvalue weighted by Crippen LogP contribution is 2.41. The van der Waals surface area contributed by atoms with Gasteiger partial charge in [-0.2, -0.15) is 4.90 Å². The Morgan fingerprint density at radius 1 is 1.03 bits per heavy atom. The van der Waals surface area contributed by atoms with Gasteiger partial charge in [-0.1, -0.05) is 0 Å². The fraction of sp³-hybridized carbons (Fsp3) is 0.526. The summed E-state index contributed by atoms with van der Waals surface area (Å²) in [6.07, 6.45) is -2.28. The highest BCUT2D eigenvalue weighted by atomic mass is 16.6. The zero-order valence-corrected chi connectivity index (χ0v) is 18.0. The third-order valence-electron chi connectivity index (χ3n) is 3.38. The fourth-order valence-corrected chi connectivity index (χ4v) is 2.34. The lowest BCUT2D eigenvalue weighted by Gasteiger charge is -2.30. The van der Waals surface area contributed by atoms with Crippen molar-refractivity contribution in [1.82, 2.24) is 0 Å². The van der Waals surface area contributed by atoms with Crippen LogP contribution in [-0.2, 0) is 9.47 Å². The zero-order valence-electron chi connectivity index (χ0n) is 18.0. The van der Waals surface area contributed by atoms with Crippen molar-refractivity contribution in [2.75, 3.05) is 30.1 Å². The molecule has 0 saturated heterocycles. The van der Waals surface area contributed by atoms with Gasteiger partial charge in [0.15, 0.2) is 0 Å². The quantitative estimate of drug-likeness (QED) is 0.632. The van der Waals surface area contributed by atoms with Gasteiger partial charge in [0.05, 0.1) is 18.5 Å². The number of carbonyl (C=O) groups excluding carboxylic acids is 2. The largest absolute Gasteiger partial charge is 0.496 e. The average Bonchev–Trinajstić information content (AvgIpc) is 2.52. The van der Waals surface area contributed by atoms with Gasteiger partial charge in [0.25, 0.3) is 0 Å². The van der Waals surface area contributed by atoms with Crippen LogP contribution in [0.2, 0.25) is 0 Å². The van der Waals surface area contributed by atoms with Gasteiger partial charge < -0.3 is 30.4 Å². The lowest BCUT2D eigenvalue weighted by atomic mass is 10.1. The molecule has 2 amide bonds. The summed E-state index contributed by atoms with van der Waals surface area (Å²) in [5, 5.41) is 12.5. The van der Waals surface area contributed by atoms with Crippen molar-refractivity contribution in [3.05, 3.63) is 11.6 Å². The molecule has 10 heteroatoms. The van der Waals surface area contributed by atoms with Crippen molar-refractivity contribution in [2.24, 2.45) is 0 Å². The topological polar surface area (TPSA) is 140 Å². The molecule has 0 atom stereocenters. The summed E-state index contributed by atoms with van der Waals surface area (Å²) in [7, 11) is 2.80. The lowest BCUT2D eigenvalue weighted by molar-refractivity contribution is 0.0431. The Bertz CT molecular complexity index is 779. The molecule has 0 aromatic heterocycles. The first-order chi connectivity index (χ1) is 13.1. The van der Waals surface area contributed by atoms with Gasteiger partial charge >= 0.3 is 18.2 Å². The first kappa shape index (κ1) is 23.9. The molecule has 162 valence electrons. The highest BCUT2D eigenvalue weighted by Gasteiger charge is 2.38. The van der Waals surface area contributed by atoms with Crippen LogP contribution in [0.25, 0.3) is 0 Å². The van der Waals surface area contributed by atoms with Crippen LogP contribution < -0.4 is 20.7 Å². The number of imide groups is 1. The van der Waals surface area contributed by atoms with Crippen LogP contribution in [0.5, 0.6) is 5.75 Å². The van der Waals surface area contributed by atoms with Crippen LogP contribution in [-0.4, -0.2) is 48.6 Å². The molecule has 0 aliphatic carbocycles. The molecule has 10 nitrogen and oxygen atoms in total. The second kappa shape index (κ2) is 8.46. The molecular weight excluding hydrogens is 382 g/mol. The molecule has 1 aromatic carbocycles. The fourth-order valence-electron chi connectivity index (χ4n) is 2.34. The van der Waals surface area contributed by atoms with E-state index in [0.29, 0.717) is 4.90 Å². The summed E-state index contributed by atoms with van der Waals surface area (Å²) in [6.45, 7) is 9.61. The van der Waals surface area contributed by atoms with Gasteiger partial charge in [-0.3, -0.25) is 0 Å². The zero-order chi connectivity index (χ0) is 22.7. The van der Waals surface area contributed by atoms with E-state index in [1.165, 1.54) is 13.2 Å². The van der Waals surface area contributed by atoms with Crippen LogP contribution in [0.3, 0.4) is 0 Å². The number of hydrogen-bond acceptors (Lipinski definition) is 8. The maximum Gasteiger partial charge on any atom is 0.424 e. The Labute approximate surface area is 169 Å². The molecule has 0 bridgehead atoms. The summed E-state index contributed by atoms with van der Waals surface area (Å²) in [6, 6.07) is 1.35. The summed E-state index contributed by atoms with van der Waals surface area (Å²) < 4.78 is 15.8. The Balaban J connectivity index is 3.85. The molecule has 0 unspecified atom stereocenters. The second-order valence-corrected chi connectivity index (χ2v) is 8.11. The normalized spacial score (nSPS) is 11.4. The second-order valence-electron chi connectivity index (χ2n) is 8.11. The van der Waals surface area contributed by atoms with Crippen molar-refractivity contribution < 1.29 is 33.7 Å². The van der Waals surface area contributed by atoms with E-state index in [9.17, 15) is 19.5 Å². The standard InChI is InChI=1S/C19H29N3O7/c1-18(2,3)28-16(25)22(17(26)29-19(4,5)6)14-12(15(23)24)11(27-8)9-10(21-7)13(14)20/h9,21H,20H2,1-8H3,(H,23,24). The minimum atomic E-state index is -1.46.